The average molecular weight is 456 g/mol. The minimum Gasteiger partial charge on any atom is -0.348 e. The van der Waals surface area contributed by atoms with Crippen molar-refractivity contribution in [3.05, 3.63) is 126 Å². The maximum atomic E-state index is 13.8. The molecule has 3 nitrogen and oxygen atoms in total. The van der Waals surface area contributed by atoms with Gasteiger partial charge in [0.15, 0.2) is 12.4 Å². The third kappa shape index (κ3) is 4.84. The summed E-state index contributed by atoms with van der Waals surface area (Å²) in [7, 11) is 3.66. The summed E-state index contributed by atoms with van der Waals surface area (Å²) in [5.74, 6) is 0.0817. The van der Waals surface area contributed by atoms with Crippen LogP contribution in [0.1, 0.15) is 17.5 Å². The van der Waals surface area contributed by atoms with Gasteiger partial charge in [0.2, 0.25) is 5.91 Å². The lowest BCUT2D eigenvalue weighted by atomic mass is 9.71. The van der Waals surface area contributed by atoms with Gasteiger partial charge in [-0.3, -0.25) is 4.79 Å². The van der Waals surface area contributed by atoms with Crippen molar-refractivity contribution in [3.8, 4) is 11.1 Å². The van der Waals surface area contributed by atoms with E-state index in [9.17, 15) is 4.79 Å². The number of aryl methyl sites for hydroxylation is 1. The molecule has 166 valence electrons. The van der Waals surface area contributed by atoms with Crippen LogP contribution in [0.4, 0.5) is 0 Å². The maximum absolute atomic E-state index is 13.8. The van der Waals surface area contributed by atoms with Gasteiger partial charge in [0.1, 0.15) is 12.0 Å². The zero-order valence-electron chi connectivity index (χ0n) is 19.0. The predicted molar refractivity (Wildman–Crippen MR) is 134 cm³/mol. The number of carbonyl (C=O) groups excluding carboxylic acids is 1. The first-order chi connectivity index (χ1) is 16.0. The molecule has 0 saturated heterocycles. The Morgan fingerprint density at radius 1 is 0.758 bits per heavy atom. The lowest BCUT2D eigenvalue weighted by molar-refractivity contribution is -0.697. The molecular weight excluding hydrogens is 428 g/mol. The first-order valence-corrected chi connectivity index (χ1v) is 11.5. The van der Waals surface area contributed by atoms with Gasteiger partial charge in [-0.15, -0.1) is 0 Å². The van der Waals surface area contributed by atoms with Gasteiger partial charge < -0.3 is 4.90 Å². The van der Waals surface area contributed by atoms with Crippen molar-refractivity contribution in [1.29, 1.82) is 0 Å². The molecular formula is C29H28ClN2O+. The largest absolute Gasteiger partial charge is 0.348 e. The van der Waals surface area contributed by atoms with Crippen molar-refractivity contribution in [2.45, 2.75) is 18.4 Å². The number of likely N-dealkylation sites (N-methyl/N-ethyl adjacent to an activating group) is 1. The molecule has 0 fully saturated rings. The second kappa shape index (κ2) is 10.0. The van der Waals surface area contributed by atoms with Gasteiger partial charge in [0.05, 0.1) is 0 Å². The summed E-state index contributed by atoms with van der Waals surface area (Å²) >= 11 is 6.02. The molecule has 0 unspecified atom stereocenters. The summed E-state index contributed by atoms with van der Waals surface area (Å²) < 4.78 is 2.14. The summed E-state index contributed by atoms with van der Waals surface area (Å²) in [4.78, 5) is 15.5. The quantitative estimate of drug-likeness (QED) is 0.325. The van der Waals surface area contributed by atoms with Crippen LogP contribution in [0.2, 0.25) is 5.02 Å². The normalized spacial score (nSPS) is 11.2. The van der Waals surface area contributed by atoms with Crippen molar-refractivity contribution in [2.75, 3.05) is 14.1 Å². The minimum atomic E-state index is -0.770. The number of pyridine rings is 1. The summed E-state index contributed by atoms with van der Waals surface area (Å²) in [6, 6.07) is 32.3. The van der Waals surface area contributed by atoms with Crippen LogP contribution < -0.4 is 4.57 Å². The van der Waals surface area contributed by atoms with Crippen molar-refractivity contribution in [3.63, 3.8) is 0 Å². The molecule has 4 aromatic rings. The number of halogens is 1. The van der Waals surface area contributed by atoms with Crippen LogP contribution >= 0.6 is 11.6 Å². The Hall–Kier alpha value is -3.43. The minimum absolute atomic E-state index is 0.0817. The molecule has 4 rings (SSSR count). The fraction of sp³-hybridized carbons (Fsp3) is 0.172. The Labute approximate surface area is 200 Å². The molecule has 33 heavy (non-hydrogen) atoms. The molecule has 0 radical (unpaired) electrons. The molecule has 1 amide bonds. The highest BCUT2D eigenvalue weighted by Crippen LogP contribution is 2.37. The van der Waals surface area contributed by atoms with Crippen LogP contribution in [-0.4, -0.2) is 24.9 Å². The van der Waals surface area contributed by atoms with Gasteiger partial charge in [0, 0.05) is 37.7 Å². The molecule has 0 aliphatic rings. The lowest BCUT2D eigenvalue weighted by Gasteiger charge is -2.35. The van der Waals surface area contributed by atoms with E-state index in [4.69, 9.17) is 11.6 Å². The van der Waals surface area contributed by atoms with Crippen LogP contribution in [0.3, 0.4) is 0 Å². The molecule has 1 aromatic heterocycles. The van der Waals surface area contributed by atoms with Crippen LogP contribution in [0.15, 0.2) is 109 Å². The van der Waals surface area contributed by atoms with E-state index in [1.807, 2.05) is 74.8 Å². The molecule has 0 aliphatic carbocycles. The highest BCUT2D eigenvalue weighted by atomic mass is 35.5. The zero-order valence-corrected chi connectivity index (χ0v) is 19.7. The molecule has 0 saturated carbocycles. The number of hydrogen-bond donors (Lipinski definition) is 0. The van der Waals surface area contributed by atoms with Gasteiger partial charge in [-0.1, -0.05) is 84.4 Å². The van der Waals surface area contributed by atoms with Crippen LogP contribution in [-0.2, 0) is 16.8 Å². The third-order valence-electron chi connectivity index (χ3n) is 6.12. The molecule has 1 heterocycles. The number of nitrogens with zero attached hydrogens (tertiary/aromatic N) is 2. The van der Waals surface area contributed by atoms with Crippen LogP contribution in [0.25, 0.3) is 11.1 Å². The third-order valence-corrected chi connectivity index (χ3v) is 6.37. The summed E-state index contributed by atoms with van der Waals surface area (Å²) in [5.41, 5.74) is 3.50. The Kier molecular flexibility index (Phi) is 6.90. The number of hydrogen-bond acceptors (Lipinski definition) is 1. The lowest BCUT2D eigenvalue weighted by Crippen LogP contribution is -2.48. The highest BCUT2D eigenvalue weighted by Gasteiger charge is 2.43. The molecule has 0 spiro atoms. The number of amides is 1. The molecule has 0 N–H and O–H groups in total. The van der Waals surface area contributed by atoms with Crippen LogP contribution in [0.5, 0.6) is 0 Å². The molecule has 0 atom stereocenters. The van der Waals surface area contributed by atoms with Crippen molar-refractivity contribution in [2.24, 2.45) is 0 Å². The first-order valence-electron chi connectivity index (χ1n) is 11.1. The fourth-order valence-corrected chi connectivity index (χ4v) is 4.50. The Balaban J connectivity index is 1.68. The van der Waals surface area contributed by atoms with E-state index in [0.29, 0.717) is 13.0 Å². The highest BCUT2D eigenvalue weighted by molar-refractivity contribution is 6.30. The molecule has 0 aliphatic heterocycles. The SMILES string of the molecule is CN(C)C(=O)C(CC[n+]1ccc(-c2ccc(Cl)cc2)cc1)(c1ccccc1)c1ccccc1. The number of rotatable bonds is 7. The second-order valence-electron chi connectivity index (χ2n) is 8.42. The predicted octanol–water partition coefficient (Wildman–Crippen LogP) is 5.76. The Morgan fingerprint density at radius 2 is 1.24 bits per heavy atom. The van der Waals surface area contributed by atoms with Gasteiger partial charge in [0.25, 0.3) is 0 Å². The van der Waals surface area contributed by atoms with E-state index >= 15 is 0 Å². The molecule has 3 aromatic carbocycles. The average Bonchev–Trinajstić information content (AvgIpc) is 2.86. The first kappa shape index (κ1) is 22.8. The van der Waals surface area contributed by atoms with E-state index in [1.54, 1.807) is 4.90 Å². The van der Waals surface area contributed by atoms with E-state index < -0.39 is 5.41 Å². The van der Waals surface area contributed by atoms with Gasteiger partial charge >= 0.3 is 0 Å². The standard InChI is InChI=1S/C29H28ClN2O/c1-31(2)28(33)29(25-9-5-3-6-10-25,26-11-7-4-8-12-26)19-22-32-20-17-24(18-21-32)23-13-15-27(30)16-14-23/h3-18,20-21H,19,22H2,1-2H3/q+1. The summed E-state index contributed by atoms with van der Waals surface area (Å²) in [6.07, 6.45) is 4.79. The number of carbonyl (C=O) groups is 1. The van der Waals surface area contributed by atoms with E-state index in [0.717, 1.165) is 27.3 Å². The van der Waals surface area contributed by atoms with Gasteiger partial charge in [-0.05, 0) is 34.4 Å². The molecule has 0 bridgehead atoms. The van der Waals surface area contributed by atoms with Crippen molar-refractivity contribution < 1.29 is 9.36 Å². The van der Waals surface area contributed by atoms with Crippen molar-refractivity contribution >= 4 is 17.5 Å². The fourth-order valence-electron chi connectivity index (χ4n) is 4.37. The monoisotopic (exact) mass is 455 g/mol. The smallest absolute Gasteiger partial charge is 0.237 e. The summed E-state index contributed by atoms with van der Waals surface area (Å²) in [5, 5.41) is 0.730. The second-order valence-corrected chi connectivity index (χ2v) is 8.85. The van der Waals surface area contributed by atoms with E-state index in [2.05, 4.69) is 53.4 Å². The topological polar surface area (TPSA) is 24.2 Å². The molecule has 4 heteroatoms. The van der Waals surface area contributed by atoms with Crippen molar-refractivity contribution in [1.82, 2.24) is 4.90 Å². The Bertz CT molecular complexity index is 1150. The van der Waals surface area contributed by atoms with Gasteiger partial charge in [-0.25, -0.2) is 4.57 Å². The van der Waals surface area contributed by atoms with E-state index in [1.165, 1.54) is 0 Å². The number of aromatic nitrogens is 1. The zero-order chi connectivity index (χ0) is 23.3. The van der Waals surface area contributed by atoms with Crippen LogP contribution in [0, 0.1) is 0 Å². The maximum Gasteiger partial charge on any atom is 0.237 e. The Morgan fingerprint density at radius 3 is 1.73 bits per heavy atom. The summed E-state index contributed by atoms with van der Waals surface area (Å²) in [6.45, 7) is 0.699. The number of benzene rings is 3. The van der Waals surface area contributed by atoms with E-state index in [-0.39, 0.29) is 5.91 Å². The van der Waals surface area contributed by atoms with Gasteiger partial charge in [-0.2, -0.15) is 0 Å².